The van der Waals surface area contributed by atoms with E-state index in [2.05, 4.69) is 43.1 Å². The summed E-state index contributed by atoms with van der Waals surface area (Å²) >= 11 is 0. The van der Waals surface area contributed by atoms with Crippen molar-refractivity contribution in [2.24, 2.45) is 5.73 Å². The fourth-order valence-corrected chi connectivity index (χ4v) is 2.91. The van der Waals surface area contributed by atoms with Gasteiger partial charge >= 0.3 is 0 Å². The lowest BCUT2D eigenvalue weighted by atomic mass is 9.94. The van der Waals surface area contributed by atoms with Crippen molar-refractivity contribution in [3.8, 4) is 0 Å². The first kappa shape index (κ1) is 18.4. The number of nitrogens with one attached hydrogen (secondary N) is 1. The SMILES string of the molecule is CCN(CCCC(C)(NC1CC1)C(N)=O)C(C)CN(C)C. The molecule has 1 amide bonds. The average Bonchev–Trinajstić information content (AvgIpc) is 3.17. The molecule has 0 bridgehead atoms. The van der Waals surface area contributed by atoms with Crippen LogP contribution in [0, 0.1) is 0 Å². The van der Waals surface area contributed by atoms with Crippen molar-refractivity contribution in [3.63, 3.8) is 0 Å². The van der Waals surface area contributed by atoms with Gasteiger partial charge in [0.15, 0.2) is 0 Å². The van der Waals surface area contributed by atoms with Gasteiger partial charge in [0, 0.05) is 18.6 Å². The number of amides is 1. The molecule has 2 atom stereocenters. The third-order valence-electron chi connectivity index (χ3n) is 4.42. The molecule has 0 heterocycles. The van der Waals surface area contributed by atoms with E-state index in [0.717, 1.165) is 32.5 Å². The van der Waals surface area contributed by atoms with Crippen LogP contribution in [0.3, 0.4) is 0 Å². The van der Waals surface area contributed by atoms with E-state index in [-0.39, 0.29) is 5.91 Å². The molecule has 0 radical (unpaired) electrons. The number of primary amides is 1. The van der Waals surface area contributed by atoms with Crippen molar-refractivity contribution in [1.29, 1.82) is 0 Å². The molecule has 0 aromatic rings. The average molecular weight is 298 g/mol. The highest BCUT2D eigenvalue weighted by atomic mass is 16.1. The lowest BCUT2D eigenvalue weighted by Crippen LogP contribution is -2.54. The number of carbonyl (C=O) groups excluding carboxylic acids is 1. The highest BCUT2D eigenvalue weighted by molar-refractivity contribution is 5.84. The van der Waals surface area contributed by atoms with Gasteiger partial charge in [-0.3, -0.25) is 9.69 Å². The van der Waals surface area contributed by atoms with E-state index in [4.69, 9.17) is 5.73 Å². The monoisotopic (exact) mass is 298 g/mol. The molecule has 0 aromatic carbocycles. The zero-order valence-electron chi connectivity index (χ0n) is 14.5. The maximum Gasteiger partial charge on any atom is 0.237 e. The molecule has 0 aromatic heterocycles. The van der Waals surface area contributed by atoms with Gasteiger partial charge in [-0.05, 0) is 66.7 Å². The quantitative estimate of drug-likeness (QED) is 0.598. The molecule has 1 saturated carbocycles. The van der Waals surface area contributed by atoms with Crippen LogP contribution >= 0.6 is 0 Å². The number of rotatable bonds is 11. The third-order valence-corrected chi connectivity index (χ3v) is 4.42. The fourth-order valence-electron chi connectivity index (χ4n) is 2.91. The van der Waals surface area contributed by atoms with E-state index in [1.165, 1.54) is 12.8 Å². The van der Waals surface area contributed by atoms with Crippen LogP contribution in [0.1, 0.15) is 46.5 Å². The van der Waals surface area contributed by atoms with Crippen molar-refractivity contribution >= 4 is 5.91 Å². The predicted octanol–water partition coefficient (Wildman–Crippen LogP) is 1.03. The molecule has 1 rings (SSSR count). The van der Waals surface area contributed by atoms with E-state index in [1.807, 2.05) is 6.92 Å². The summed E-state index contributed by atoms with van der Waals surface area (Å²) < 4.78 is 0. The smallest absolute Gasteiger partial charge is 0.237 e. The zero-order valence-corrected chi connectivity index (χ0v) is 14.5. The van der Waals surface area contributed by atoms with Crippen LogP contribution in [0.15, 0.2) is 0 Å². The van der Waals surface area contributed by atoms with Crippen LogP contribution in [-0.2, 0) is 4.79 Å². The number of nitrogens with zero attached hydrogens (tertiary/aromatic N) is 2. The predicted molar refractivity (Wildman–Crippen MR) is 88.3 cm³/mol. The summed E-state index contributed by atoms with van der Waals surface area (Å²) in [5, 5.41) is 3.42. The van der Waals surface area contributed by atoms with Crippen LogP contribution in [0.2, 0.25) is 0 Å². The Bertz CT molecular complexity index is 330. The Hall–Kier alpha value is -0.650. The van der Waals surface area contributed by atoms with Crippen molar-refractivity contribution < 1.29 is 4.79 Å². The van der Waals surface area contributed by atoms with Gasteiger partial charge in [0.25, 0.3) is 0 Å². The maximum atomic E-state index is 11.7. The van der Waals surface area contributed by atoms with E-state index in [0.29, 0.717) is 12.1 Å². The van der Waals surface area contributed by atoms with Gasteiger partial charge in [-0.25, -0.2) is 0 Å². The van der Waals surface area contributed by atoms with Crippen LogP contribution in [0.5, 0.6) is 0 Å². The summed E-state index contributed by atoms with van der Waals surface area (Å²) in [5.41, 5.74) is 5.05. The minimum atomic E-state index is -0.550. The lowest BCUT2D eigenvalue weighted by Gasteiger charge is -2.32. The van der Waals surface area contributed by atoms with Crippen LogP contribution < -0.4 is 11.1 Å². The highest BCUT2D eigenvalue weighted by Crippen LogP contribution is 2.24. The first-order chi connectivity index (χ1) is 9.78. The minimum absolute atomic E-state index is 0.223. The molecule has 0 spiro atoms. The number of hydrogen-bond acceptors (Lipinski definition) is 4. The Morgan fingerprint density at radius 3 is 2.48 bits per heavy atom. The Morgan fingerprint density at radius 2 is 2.05 bits per heavy atom. The van der Waals surface area contributed by atoms with Gasteiger partial charge in [0.2, 0.25) is 5.91 Å². The van der Waals surface area contributed by atoms with E-state index >= 15 is 0 Å². The van der Waals surface area contributed by atoms with Crippen LogP contribution in [0.25, 0.3) is 0 Å². The van der Waals surface area contributed by atoms with Gasteiger partial charge in [-0.15, -0.1) is 0 Å². The fraction of sp³-hybridized carbons (Fsp3) is 0.938. The minimum Gasteiger partial charge on any atom is -0.368 e. The Morgan fingerprint density at radius 1 is 1.43 bits per heavy atom. The molecule has 3 N–H and O–H groups in total. The molecule has 124 valence electrons. The molecule has 1 aliphatic rings. The first-order valence-electron chi connectivity index (χ1n) is 8.25. The van der Waals surface area contributed by atoms with Gasteiger partial charge < -0.3 is 16.0 Å². The highest BCUT2D eigenvalue weighted by Gasteiger charge is 2.36. The van der Waals surface area contributed by atoms with Crippen molar-refractivity contribution in [2.75, 3.05) is 33.7 Å². The van der Waals surface area contributed by atoms with Crippen molar-refractivity contribution in [3.05, 3.63) is 0 Å². The number of hydrogen-bond donors (Lipinski definition) is 2. The zero-order chi connectivity index (χ0) is 16.0. The topological polar surface area (TPSA) is 61.6 Å². The third kappa shape index (κ3) is 6.32. The largest absolute Gasteiger partial charge is 0.368 e. The van der Waals surface area contributed by atoms with E-state index < -0.39 is 5.54 Å². The summed E-state index contributed by atoms with van der Waals surface area (Å²) in [7, 11) is 4.21. The number of likely N-dealkylation sites (N-methyl/N-ethyl adjacent to an activating group) is 2. The molecule has 0 aliphatic heterocycles. The molecular weight excluding hydrogens is 264 g/mol. The summed E-state index contributed by atoms with van der Waals surface area (Å²) in [6.45, 7) is 9.52. The number of nitrogens with two attached hydrogens (primary N) is 1. The normalized spacial score (nSPS) is 19.8. The second-order valence-electron chi connectivity index (χ2n) is 6.96. The van der Waals surface area contributed by atoms with Gasteiger partial charge in [-0.2, -0.15) is 0 Å². The second-order valence-corrected chi connectivity index (χ2v) is 6.96. The summed E-state index contributed by atoms with van der Waals surface area (Å²) in [4.78, 5) is 16.4. The molecule has 0 saturated heterocycles. The summed E-state index contributed by atoms with van der Waals surface area (Å²) in [6, 6.07) is 1.03. The summed E-state index contributed by atoms with van der Waals surface area (Å²) in [5.74, 6) is -0.223. The molecule has 5 nitrogen and oxygen atoms in total. The molecule has 1 aliphatic carbocycles. The van der Waals surface area contributed by atoms with Crippen molar-refractivity contribution in [2.45, 2.75) is 64.1 Å². The molecular formula is C16H34N4O. The lowest BCUT2D eigenvalue weighted by molar-refractivity contribution is -0.124. The second kappa shape index (κ2) is 8.11. The van der Waals surface area contributed by atoms with Gasteiger partial charge in [-0.1, -0.05) is 6.92 Å². The Kier molecular flexibility index (Phi) is 7.10. The van der Waals surface area contributed by atoms with Crippen LogP contribution in [-0.4, -0.2) is 67.1 Å². The maximum absolute atomic E-state index is 11.7. The number of carbonyl (C=O) groups is 1. The van der Waals surface area contributed by atoms with Crippen LogP contribution in [0.4, 0.5) is 0 Å². The standard InChI is InChI=1S/C16H34N4O/c1-6-20(13(2)12-19(4)5)11-7-10-16(3,15(17)21)18-14-8-9-14/h13-14,18H,6-12H2,1-5H3,(H2,17,21). The van der Waals surface area contributed by atoms with Gasteiger partial charge in [0.1, 0.15) is 0 Å². The Balaban J connectivity index is 2.42. The molecule has 5 heteroatoms. The van der Waals surface area contributed by atoms with Gasteiger partial charge in [0.05, 0.1) is 5.54 Å². The first-order valence-corrected chi connectivity index (χ1v) is 8.25. The molecule has 2 unspecified atom stereocenters. The molecule has 1 fully saturated rings. The molecule has 21 heavy (non-hydrogen) atoms. The van der Waals surface area contributed by atoms with E-state index in [1.54, 1.807) is 0 Å². The van der Waals surface area contributed by atoms with E-state index in [9.17, 15) is 4.79 Å². The Labute approximate surface area is 130 Å². The van der Waals surface area contributed by atoms with Crippen molar-refractivity contribution in [1.82, 2.24) is 15.1 Å². The summed E-state index contributed by atoms with van der Waals surface area (Å²) in [6.07, 6.45) is 4.14.